The van der Waals surface area contributed by atoms with Crippen LogP contribution in [0.5, 0.6) is 0 Å². The van der Waals surface area contributed by atoms with E-state index in [0.717, 1.165) is 11.5 Å². The average molecular weight is 286 g/mol. The summed E-state index contributed by atoms with van der Waals surface area (Å²) in [7, 11) is 0. The molecule has 0 N–H and O–H groups in total. The molecule has 0 spiro atoms. The quantitative estimate of drug-likeness (QED) is 0.793. The molecule has 76 valence electrons. The fourth-order valence-electron chi connectivity index (χ4n) is 1.14. The molecule has 1 heterocycles. The molecule has 0 aliphatic rings. The van der Waals surface area contributed by atoms with E-state index >= 15 is 0 Å². The van der Waals surface area contributed by atoms with Gasteiger partial charge in [0, 0.05) is 10.7 Å². The molecule has 0 saturated heterocycles. The summed E-state index contributed by atoms with van der Waals surface area (Å²) < 4.78 is 17.8. The van der Waals surface area contributed by atoms with Crippen molar-refractivity contribution in [3.05, 3.63) is 51.2 Å². The zero-order chi connectivity index (χ0) is 10.8. The number of nitrogens with zero attached hydrogens (tertiary/aromatic N) is 1. The number of ketones is 1. The molecule has 0 atom stereocenters. The minimum atomic E-state index is -0.517. The van der Waals surface area contributed by atoms with E-state index in [4.69, 9.17) is 0 Å². The van der Waals surface area contributed by atoms with Gasteiger partial charge in [-0.2, -0.15) is 0 Å². The highest BCUT2D eigenvalue weighted by atomic mass is 79.9. The molecule has 0 aliphatic heterocycles. The van der Waals surface area contributed by atoms with E-state index in [1.54, 1.807) is 12.1 Å². The summed E-state index contributed by atoms with van der Waals surface area (Å²) in [6.07, 6.45) is 1.52. The van der Waals surface area contributed by atoms with Crippen molar-refractivity contribution in [1.82, 2.24) is 4.37 Å². The van der Waals surface area contributed by atoms with E-state index in [9.17, 15) is 9.18 Å². The van der Waals surface area contributed by atoms with Crippen molar-refractivity contribution in [3.63, 3.8) is 0 Å². The molecule has 0 amide bonds. The first-order valence-electron chi connectivity index (χ1n) is 4.09. The molecule has 2 nitrogen and oxygen atoms in total. The van der Waals surface area contributed by atoms with Gasteiger partial charge in [-0.25, -0.2) is 8.76 Å². The Labute approximate surface area is 98.0 Å². The van der Waals surface area contributed by atoms with Crippen molar-refractivity contribution in [2.24, 2.45) is 0 Å². The van der Waals surface area contributed by atoms with Crippen molar-refractivity contribution in [3.8, 4) is 0 Å². The Bertz CT molecular complexity index is 498. The van der Waals surface area contributed by atoms with Gasteiger partial charge in [-0.1, -0.05) is 15.9 Å². The average Bonchev–Trinajstić information content (AvgIpc) is 2.74. The summed E-state index contributed by atoms with van der Waals surface area (Å²) in [4.78, 5) is 12.2. The Balaban J connectivity index is 2.46. The van der Waals surface area contributed by atoms with Crippen LogP contribution >= 0.6 is 27.5 Å². The Morgan fingerprint density at radius 1 is 1.40 bits per heavy atom. The summed E-state index contributed by atoms with van der Waals surface area (Å²) >= 11 is 4.26. The molecule has 0 aliphatic carbocycles. The van der Waals surface area contributed by atoms with E-state index < -0.39 is 5.82 Å². The third kappa shape index (κ3) is 2.13. The standard InChI is InChI=1S/C10H5BrFNOS/c11-6-1-2-8(12)7(5-6)10(14)9-3-4-13-15-9/h1-5H. The number of hydrogen-bond acceptors (Lipinski definition) is 3. The highest BCUT2D eigenvalue weighted by molar-refractivity contribution is 9.10. The maximum Gasteiger partial charge on any atom is 0.207 e. The molecule has 15 heavy (non-hydrogen) atoms. The second-order valence-corrected chi connectivity index (χ2v) is 4.58. The summed E-state index contributed by atoms with van der Waals surface area (Å²) in [5, 5.41) is 0. The molecule has 2 aromatic rings. The fourth-order valence-corrected chi connectivity index (χ4v) is 2.05. The molecule has 0 saturated carbocycles. The minimum Gasteiger partial charge on any atom is -0.288 e. The van der Waals surface area contributed by atoms with Crippen LogP contribution in [0.2, 0.25) is 0 Å². The lowest BCUT2D eigenvalue weighted by molar-refractivity contribution is 0.103. The van der Waals surface area contributed by atoms with Crippen molar-refractivity contribution >= 4 is 33.2 Å². The zero-order valence-corrected chi connectivity index (χ0v) is 9.81. The van der Waals surface area contributed by atoms with Gasteiger partial charge in [0.25, 0.3) is 0 Å². The maximum absolute atomic E-state index is 13.4. The van der Waals surface area contributed by atoms with Crippen LogP contribution < -0.4 is 0 Å². The molecule has 1 aromatic carbocycles. The van der Waals surface area contributed by atoms with Crippen LogP contribution in [-0.4, -0.2) is 10.2 Å². The van der Waals surface area contributed by atoms with Crippen molar-refractivity contribution < 1.29 is 9.18 Å². The number of halogens is 2. The van der Waals surface area contributed by atoms with Crippen LogP contribution in [0, 0.1) is 5.82 Å². The van der Waals surface area contributed by atoms with Crippen LogP contribution in [0.4, 0.5) is 4.39 Å². The first-order valence-corrected chi connectivity index (χ1v) is 5.65. The Hall–Kier alpha value is -1.07. The lowest BCUT2D eigenvalue weighted by Gasteiger charge is -2.00. The smallest absolute Gasteiger partial charge is 0.207 e. The molecule has 0 fully saturated rings. The topological polar surface area (TPSA) is 30.0 Å². The number of rotatable bonds is 2. The highest BCUT2D eigenvalue weighted by Gasteiger charge is 2.15. The normalized spacial score (nSPS) is 10.3. The zero-order valence-electron chi connectivity index (χ0n) is 7.41. The van der Waals surface area contributed by atoms with Crippen LogP contribution in [-0.2, 0) is 0 Å². The van der Waals surface area contributed by atoms with E-state index in [-0.39, 0.29) is 11.3 Å². The van der Waals surface area contributed by atoms with Gasteiger partial charge in [0.05, 0.1) is 10.4 Å². The van der Waals surface area contributed by atoms with E-state index in [2.05, 4.69) is 20.3 Å². The third-order valence-corrected chi connectivity index (χ3v) is 3.07. The number of aromatic nitrogens is 1. The van der Waals surface area contributed by atoms with E-state index in [0.29, 0.717) is 9.35 Å². The first-order chi connectivity index (χ1) is 7.18. The van der Waals surface area contributed by atoms with E-state index in [1.165, 1.54) is 18.3 Å². The largest absolute Gasteiger partial charge is 0.288 e. The Morgan fingerprint density at radius 3 is 2.87 bits per heavy atom. The van der Waals surface area contributed by atoms with Crippen LogP contribution in [0.3, 0.4) is 0 Å². The number of benzene rings is 1. The summed E-state index contributed by atoms with van der Waals surface area (Å²) in [6.45, 7) is 0. The summed E-state index contributed by atoms with van der Waals surface area (Å²) in [5.41, 5.74) is 0.0635. The predicted molar refractivity (Wildman–Crippen MR) is 59.6 cm³/mol. The van der Waals surface area contributed by atoms with Crippen LogP contribution in [0.15, 0.2) is 34.9 Å². The Morgan fingerprint density at radius 2 is 2.20 bits per heavy atom. The number of carbonyl (C=O) groups excluding carboxylic acids is 1. The summed E-state index contributed by atoms with van der Waals surface area (Å²) in [6, 6.07) is 5.86. The van der Waals surface area contributed by atoms with Gasteiger partial charge < -0.3 is 0 Å². The van der Waals surface area contributed by atoms with Gasteiger partial charge in [0.2, 0.25) is 5.78 Å². The van der Waals surface area contributed by atoms with Gasteiger partial charge in [-0.05, 0) is 35.8 Å². The van der Waals surface area contributed by atoms with Gasteiger partial charge >= 0.3 is 0 Å². The third-order valence-electron chi connectivity index (χ3n) is 1.83. The lowest BCUT2D eigenvalue weighted by Crippen LogP contribution is -2.01. The molecule has 0 unspecified atom stereocenters. The van der Waals surface area contributed by atoms with Crippen molar-refractivity contribution in [2.45, 2.75) is 0 Å². The number of hydrogen-bond donors (Lipinski definition) is 0. The van der Waals surface area contributed by atoms with Crippen LogP contribution in [0.25, 0.3) is 0 Å². The first kappa shape index (κ1) is 10.4. The summed E-state index contributed by atoms with van der Waals surface area (Å²) in [5.74, 6) is -0.854. The maximum atomic E-state index is 13.4. The van der Waals surface area contributed by atoms with Gasteiger partial charge in [0.15, 0.2) is 0 Å². The molecule has 5 heteroatoms. The second-order valence-electron chi connectivity index (χ2n) is 2.83. The molecule has 0 radical (unpaired) electrons. The molecular weight excluding hydrogens is 281 g/mol. The molecule has 2 rings (SSSR count). The van der Waals surface area contributed by atoms with Gasteiger partial charge in [-0.15, -0.1) is 0 Å². The van der Waals surface area contributed by atoms with Crippen molar-refractivity contribution in [2.75, 3.05) is 0 Å². The molecular formula is C10H5BrFNOS. The Kier molecular flexibility index (Phi) is 2.93. The fraction of sp³-hybridized carbons (Fsp3) is 0. The predicted octanol–water partition coefficient (Wildman–Crippen LogP) is 3.28. The highest BCUT2D eigenvalue weighted by Crippen LogP contribution is 2.20. The van der Waals surface area contributed by atoms with Crippen LogP contribution in [0.1, 0.15) is 15.2 Å². The molecule has 0 bridgehead atoms. The van der Waals surface area contributed by atoms with Gasteiger partial charge in [-0.3, -0.25) is 4.79 Å². The lowest BCUT2D eigenvalue weighted by atomic mass is 10.1. The number of carbonyl (C=O) groups is 1. The second kappa shape index (κ2) is 4.20. The van der Waals surface area contributed by atoms with Gasteiger partial charge in [0.1, 0.15) is 5.82 Å². The minimum absolute atomic E-state index is 0.0635. The molecule has 1 aromatic heterocycles. The SMILES string of the molecule is O=C(c1ccns1)c1cc(Br)ccc1F. The monoisotopic (exact) mass is 285 g/mol. The van der Waals surface area contributed by atoms with Crippen molar-refractivity contribution in [1.29, 1.82) is 0 Å². The van der Waals surface area contributed by atoms with E-state index in [1.807, 2.05) is 0 Å².